The molecule has 1 N–H and O–H groups in total. The van der Waals surface area contributed by atoms with Crippen molar-refractivity contribution in [2.45, 2.75) is 32.3 Å². The molecule has 0 radical (unpaired) electrons. The lowest BCUT2D eigenvalue weighted by Gasteiger charge is -2.41. The summed E-state index contributed by atoms with van der Waals surface area (Å²) in [5.41, 5.74) is 0.662. The number of Topliss-reactive ketones (excluding diaryl/α,β-unsaturated/α-hetero) is 1. The Hall–Kier alpha value is -0.830. The summed E-state index contributed by atoms with van der Waals surface area (Å²) < 4.78 is 5.30. The summed E-state index contributed by atoms with van der Waals surface area (Å²) >= 11 is 0. The fraction of sp³-hybridized carbons (Fsp3) is 0.727. The van der Waals surface area contributed by atoms with E-state index in [0.29, 0.717) is 5.57 Å². The molecule has 0 aromatic rings. The Bertz CT molecular complexity index is 289. The lowest BCUT2D eigenvalue weighted by Crippen LogP contribution is -2.45. The fourth-order valence-electron chi connectivity index (χ4n) is 2.83. The largest absolute Gasteiger partial charge is 0.512 e. The van der Waals surface area contributed by atoms with Crippen LogP contribution in [0.2, 0.25) is 0 Å². The van der Waals surface area contributed by atoms with Crippen LogP contribution in [0.5, 0.6) is 0 Å². The van der Waals surface area contributed by atoms with Crippen LogP contribution in [-0.4, -0.2) is 24.1 Å². The van der Waals surface area contributed by atoms with Gasteiger partial charge >= 0.3 is 0 Å². The Kier molecular flexibility index (Phi) is 2.35. The highest BCUT2D eigenvalue weighted by molar-refractivity contribution is 6.00. The average Bonchev–Trinajstić information content (AvgIpc) is 2.17. The molecule has 0 spiro atoms. The van der Waals surface area contributed by atoms with Gasteiger partial charge in [0.15, 0.2) is 5.78 Å². The second-order valence-corrected chi connectivity index (χ2v) is 4.25. The number of methoxy groups -OCH3 is 1. The molecule has 3 aliphatic carbocycles. The van der Waals surface area contributed by atoms with Crippen molar-refractivity contribution in [2.75, 3.05) is 7.11 Å². The molecule has 3 aliphatic rings. The number of fused-ring (bicyclic) bond motifs is 3. The molecule has 3 heteroatoms. The van der Waals surface area contributed by atoms with E-state index in [4.69, 9.17) is 4.74 Å². The second kappa shape index (κ2) is 3.39. The molecule has 0 saturated heterocycles. The summed E-state index contributed by atoms with van der Waals surface area (Å²) in [5.74, 6) is 0.531. The first-order chi connectivity index (χ1) is 6.65. The monoisotopic (exact) mass is 196 g/mol. The first-order valence-corrected chi connectivity index (χ1v) is 5.12. The first kappa shape index (κ1) is 9.71. The molecule has 0 amide bonds. The number of allylic oxidation sites excluding steroid dienone is 2. The van der Waals surface area contributed by atoms with Crippen LogP contribution >= 0.6 is 0 Å². The van der Waals surface area contributed by atoms with Crippen LogP contribution in [0.1, 0.15) is 26.2 Å². The van der Waals surface area contributed by atoms with E-state index in [1.165, 1.54) is 0 Å². The number of ketones is 1. The minimum Gasteiger partial charge on any atom is -0.512 e. The molecule has 0 heterocycles. The SMILES string of the molecule is CO[C@H]1C[C@@H]2CC[C@H]1C(=O)/C2=C(\C)O. The van der Waals surface area contributed by atoms with E-state index in [1.54, 1.807) is 14.0 Å². The Morgan fingerprint density at radius 1 is 1.50 bits per heavy atom. The van der Waals surface area contributed by atoms with Gasteiger partial charge in [0.25, 0.3) is 0 Å². The summed E-state index contributed by atoms with van der Waals surface area (Å²) in [5, 5.41) is 9.45. The molecule has 3 saturated carbocycles. The van der Waals surface area contributed by atoms with Crippen LogP contribution in [0.4, 0.5) is 0 Å². The lowest BCUT2D eigenvalue weighted by atomic mass is 9.65. The molecule has 0 aliphatic heterocycles. The third kappa shape index (κ3) is 1.27. The van der Waals surface area contributed by atoms with Crippen LogP contribution in [-0.2, 0) is 9.53 Å². The highest BCUT2D eigenvalue weighted by Gasteiger charge is 2.45. The minimum atomic E-state index is -0.0119. The van der Waals surface area contributed by atoms with E-state index >= 15 is 0 Å². The summed E-state index contributed by atoms with van der Waals surface area (Å²) in [6.07, 6.45) is 2.90. The van der Waals surface area contributed by atoms with Gasteiger partial charge in [0, 0.05) is 18.6 Å². The molecule has 78 valence electrons. The quantitative estimate of drug-likeness (QED) is 0.514. The maximum absolute atomic E-state index is 11.9. The Labute approximate surface area is 83.8 Å². The highest BCUT2D eigenvalue weighted by Crippen LogP contribution is 2.44. The van der Waals surface area contributed by atoms with Crippen molar-refractivity contribution in [1.82, 2.24) is 0 Å². The van der Waals surface area contributed by atoms with Gasteiger partial charge in [-0.05, 0) is 32.1 Å². The van der Waals surface area contributed by atoms with Gasteiger partial charge in [-0.2, -0.15) is 0 Å². The van der Waals surface area contributed by atoms with Crippen LogP contribution in [0.15, 0.2) is 11.3 Å². The zero-order valence-corrected chi connectivity index (χ0v) is 8.62. The van der Waals surface area contributed by atoms with E-state index in [0.717, 1.165) is 19.3 Å². The van der Waals surface area contributed by atoms with Crippen molar-refractivity contribution in [3.63, 3.8) is 0 Å². The van der Waals surface area contributed by atoms with Gasteiger partial charge in [-0.15, -0.1) is 0 Å². The molecule has 3 rings (SSSR count). The van der Waals surface area contributed by atoms with Gasteiger partial charge in [-0.3, -0.25) is 4.79 Å². The van der Waals surface area contributed by atoms with E-state index in [1.807, 2.05) is 0 Å². The first-order valence-electron chi connectivity index (χ1n) is 5.12. The van der Waals surface area contributed by atoms with Gasteiger partial charge in [0.2, 0.25) is 0 Å². The zero-order valence-electron chi connectivity index (χ0n) is 8.62. The number of aliphatic hydroxyl groups excluding tert-OH is 1. The number of aliphatic hydroxyl groups is 1. The fourth-order valence-corrected chi connectivity index (χ4v) is 2.83. The summed E-state index contributed by atoms with van der Waals surface area (Å²) in [4.78, 5) is 11.9. The van der Waals surface area contributed by atoms with Crippen molar-refractivity contribution in [1.29, 1.82) is 0 Å². The average molecular weight is 196 g/mol. The number of hydrogen-bond acceptors (Lipinski definition) is 3. The van der Waals surface area contributed by atoms with E-state index in [-0.39, 0.29) is 29.5 Å². The molecular weight excluding hydrogens is 180 g/mol. The van der Waals surface area contributed by atoms with Gasteiger partial charge in [0.1, 0.15) is 0 Å². The molecule has 14 heavy (non-hydrogen) atoms. The smallest absolute Gasteiger partial charge is 0.168 e. The Morgan fingerprint density at radius 2 is 2.21 bits per heavy atom. The maximum atomic E-state index is 11.9. The topological polar surface area (TPSA) is 46.5 Å². The molecule has 3 nitrogen and oxygen atoms in total. The summed E-state index contributed by atoms with van der Waals surface area (Å²) in [6, 6.07) is 0. The molecule has 0 unspecified atom stereocenters. The van der Waals surface area contributed by atoms with Crippen LogP contribution in [0.25, 0.3) is 0 Å². The Morgan fingerprint density at radius 3 is 2.71 bits per heavy atom. The third-order valence-corrected chi connectivity index (χ3v) is 3.49. The van der Waals surface area contributed by atoms with Crippen LogP contribution in [0.3, 0.4) is 0 Å². The summed E-state index contributed by atoms with van der Waals surface area (Å²) in [7, 11) is 1.66. The van der Waals surface area contributed by atoms with E-state index in [2.05, 4.69) is 0 Å². The number of carbonyl (C=O) groups excluding carboxylic acids is 1. The van der Waals surface area contributed by atoms with E-state index < -0.39 is 0 Å². The molecule has 3 atom stereocenters. The van der Waals surface area contributed by atoms with Crippen LogP contribution in [0, 0.1) is 11.8 Å². The lowest BCUT2D eigenvalue weighted by molar-refractivity contribution is -0.131. The third-order valence-electron chi connectivity index (χ3n) is 3.49. The maximum Gasteiger partial charge on any atom is 0.168 e. The molecule has 3 fully saturated rings. The van der Waals surface area contributed by atoms with Crippen molar-refractivity contribution in [2.24, 2.45) is 11.8 Å². The Balaban J connectivity index is 2.32. The van der Waals surface area contributed by atoms with Crippen molar-refractivity contribution < 1.29 is 14.6 Å². The minimum absolute atomic E-state index is 0.0119. The standard InChI is InChI=1S/C11H16O3/c1-6(12)10-7-3-4-8(11(10)13)9(5-7)14-2/h7-9,12H,3-5H2,1-2H3/b10-6+/t7-,8+,9-/m0/s1. The molecular formula is C11H16O3. The summed E-state index contributed by atoms with van der Waals surface area (Å²) in [6.45, 7) is 1.61. The number of ether oxygens (including phenoxy) is 1. The second-order valence-electron chi connectivity index (χ2n) is 4.25. The van der Waals surface area contributed by atoms with Gasteiger partial charge in [-0.25, -0.2) is 0 Å². The number of hydrogen-bond donors (Lipinski definition) is 1. The van der Waals surface area contributed by atoms with Gasteiger partial charge in [-0.1, -0.05) is 0 Å². The van der Waals surface area contributed by atoms with Gasteiger partial charge in [0.05, 0.1) is 11.9 Å². The normalized spacial score (nSPS) is 40.1. The predicted molar refractivity (Wildman–Crippen MR) is 52.0 cm³/mol. The number of rotatable bonds is 1. The van der Waals surface area contributed by atoms with Gasteiger partial charge < -0.3 is 9.84 Å². The molecule has 0 aromatic carbocycles. The zero-order chi connectivity index (χ0) is 10.3. The van der Waals surface area contributed by atoms with Crippen molar-refractivity contribution >= 4 is 5.78 Å². The highest BCUT2D eigenvalue weighted by atomic mass is 16.5. The predicted octanol–water partition coefficient (Wildman–Crippen LogP) is 1.83. The van der Waals surface area contributed by atoms with E-state index in [9.17, 15) is 9.90 Å². The molecule has 2 bridgehead atoms. The van der Waals surface area contributed by atoms with Crippen molar-refractivity contribution in [3.8, 4) is 0 Å². The van der Waals surface area contributed by atoms with Crippen molar-refractivity contribution in [3.05, 3.63) is 11.3 Å². The molecule has 0 aromatic heterocycles. The number of carbonyl (C=O) groups is 1. The van der Waals surface area contributed by atoms with Crippen LogP contribution < -0.4 is 0 Å².